The van der Waals surface area contributed by atoms with E-state index >= 15 is 0 Å². The van der Waals surface area contributed by atoms with E-state index in [4.69, 9.17) is 28.0 Å². The zero-order chi connectivity index (χ0) is 26.1. The lowest BCUT2D eigenvalue weighted by atomic mass is 10.0. The lowest BCUT2D eigenvalue weighted by Gasteiger charge is -2.25. The molecule has 4 atom stereocenters. The van der Waals surface area contributed by atoms with Crippen molar-refractivity contribution in [2.45, 2.75) is 75.5 Å². The lowest BCUT2D eigenvalue weighted by molar-refractivity contribution is -0.142. The zero-order valence-corrected chi connectivity index (χ0v) is 19.3. The van der Waals surface area contributed by atoms with Gasteiger partial charge in [0.05, 0.1) is 6.61 Å². The van der Waals surface area contributed by atoms with E-state index in [9.17, 15) is 29.1 Å². The Morgan fingerprint density at radius 1 is 0.706 bits per heavy atom. The van der Waals surface area contributed by atoms with Crippen LogP contribution in [-0.4, -0.2) is 83.7 Å². The molecular weight excluding hydrogens is 450 g/mol. The number of hydrogen-bond acceptors (Lipinski definition) is 9. The Balaban J connectivity index is 5.46. The van der Waals surface area contributed by atoms with Crippen LogP contribution >= 0.6 is 0 Å². The number of nitrogens with two attached hydrogens (primary N) is 4. The number of nitrogens with one attached hydrogen (secondary N) is 3. The van der Waals surface area contributed by atoms with Crippen LogP contribution in [0.25, 0.3) is 0 Å². The monoisotopic (exact) mass is 489 g/mol. The number of unbranched alkanes of at least 4 members (excludes halogenated alkanes) is 2. The van der Waals surface area contributed by atoms with Gasteiger partial charge in [-0.05, 0) is 58.0 Å². The molecule has 0 saturated heterocycles. The molecule has 0 aliphatic rings. The second-order valence-electron chi connectivity index (χ2n) is 7.88. The van der Waals surface area contributed by atoms with Gasteiger partial charge in [0, 0.05) is 6.42 Å². The number of aliphatic hydroxyl groups excluding tert-OH is 1. The summed E-state index contributed by atoms with van der Waals surface area (Å²) < 4.78 is 0. The third-order valence-electron chi connectivity index (χ3n) is 4.99. The first-order valence-corrected chi connectivity index (χ1v) is 11.3. The predicted octanol–water partition coefficient (Wildman–Crippen LogP) is -3.63. The van der Waals surface area contributed by atoms with E-state index in [0.29, 0.717) is 38.8 Å². The SMILES string of the molecule is NCCCCC(NC(=O)C(N)CO)C(=O)NC(CCCCN)C(=O)NC(CCC(N)=O)C(=O)O. The molecule has 0 aromatic rings. The summed E-state index contributed by atoms with van der Waals surface area (Å²) >= 11 is 0. The van der Waals surface area contributed by atoms with Crippen LogP contribution in [0.15, 0.2) is 0 Å². The molecule has 0 aliphatic carbocycles. The average Bonchev–Trinajstić information content (AvgIpc) is 2.79. The van der Waals surface area contributed by atoms with Gasteiger partial charge in [-0.2, -0.15) is 0 Å². The van der Waals surface area contributed by atoms with Gasteiger partial charge in [0.2, 0.25) is 23.6 Å². The van der Waals surface area contributed by atoms with Crippen LogP contribution in [0.3, 0.4) is 0 Å². The number of aliphatic carboxylic acids is 1. The Bertz CT molecular complexity index is 678. The van der Waals surface area contributed by atoms with E-state index in [1.165, 1.54) is 0 Å². The predicted molar refractivity (Wildman–Crippen MR) is 123 cm³/mol. The van der Waals surface area contributed by atoms with Crippen LogP contribution in [0, 0.1) is 0 Å². The van der Waals surface area contributed by atoms with Gasteiger partial charge in [-0.3, -0.25) is 19.2 Å². The molecular formula is C20H39N7O7. The summed E-state index contributed by atoms with van der Waals surface area (Å²) in [6.07, 6.45) is 2.03. The fraction of sp³-hybridized carbons (Fsp3) is 0.750. The third kappa shape index (κ3) is 13.0. The molecule has 0 fully saturated rings. The van der Waals surface area contributed by atoms with Gasteiger partial charge in [-0.25, -0.2) is 4.79 Å². The van der Waals surface area contributed by atoms with Gasteiger partial charge in [0.15, 0.2) is 0 Å². The van der Waals surface area contributed by atoms with Crippen LogP contribution in [0.1, 0.15) is 51.4 Å². The summed E-state index contributed by atoms with van der Waals surface area (Å²) in [6, 6.07) is -4.77. The van der Waals surface area contributed by atoms with E-state index < -0.39 is 60.4 Å². The molecule has 13 N–H and O–H groups in total. The fourth-order valence-corrected chi connectivity index (χ4v) is 2.97. The Morgan fingerprint density at radius 3 is 1.53 bits per heavy atom. The van der Waals surface area contributed by atoms with Gasteiger partial charge in [0.25, 0.3) is 0 Å². The largest absolute Gasteiger partial charge is 0.480 e. The molecule has 0 radical (unpaired) electrons. The van der Waals surface area contributed by atoms with Crippen LogP contribution in [-0.2, 0) is 24.0 Å². The Hall–Kier alpha value is -2.81. The Morgan fingerprint density at radius 2 is 1.15 bits per heavy atom. The molecule has 0 spiro atoms. The first-order valence-electron chi connectivity index (χ1n) is 11.3. The topological polar surface area (TPSA) is 266 Å². The van der Waals surface area contributed by atoms with Crippen LogP contribution in [0.4, 0.5) is 0 Å². The highest BCUT2D eigenvalue weighted by molar-refractivity contribution is 5.94. The third-order valence-corrected chi connectivity index (χ3v) is 4.99. The van der Waals surface area contributed by atoms with Crippen molar-refractivity contribution >= 4 is 29.6 Å². The summed E-state index contributed by atoms with van der Waals surface area (Å²) in [7, 11) is 0. The van der Waals surface area contributed by atoms with Crippen LogP contribution in [0.5, 0.6) is 0 Å². The number of hydrogen-bond donors (Lipinski definition) is 9. The normalized spacial score (nSPS) is 14.4. The van der Waals surface area contributed by atoms with Gasteiger partial charge in [-0.1, -0.05) is 0 Å². The molecule has 4 unspecified atom stereocenters. The molecule has 4 amide bonds. The maximum atomic E-state index is 12.9. The molecule has 0 aromatic heterocycles. The molecule has 0 heterocycles. The van der Waals surface area contributed by atoms with Crippen molar-refractivity contribution in [3.05, 3.63) is 0 Å². The first kappa shape index (κ1) is 31.2. The maximum absolute atomic E-state index is 12.9. The van der Waals surface area contributed by atoms with Gasteiger partial charge >= 0.3 is 5.97 Å². The summed E-state index contributed by atoms with van der Waals surface area (Å²) in [5.74, 6) is -4.25. The second-order valence-corrected chi connectivity index (χ2v) is 7.88. The fourth-order valence-electron chi connectivity index (χ4n) is 2.97. The van der Waals surface area contributed by atoms with E-state index in [0.717, 1.165) is 0 Å². The highest BCUT2D eigenvalue weighted by Gasteiger charge is 2.30. The zero-order valence-electron chi connectivity index (χ0n) is 19.3. The first-order chi connectivity index (χ1) is 16.1. The Kier molecular flexibility index (Phi) is 16.2. The van der Waals surface area contributed by atoms with Crippen molar-refractivity contribution in [3.8, 4) is 0 Å². The number of carbonyl (C=O) groups is 5. The van der Waals surface area contributed by atoms with Crippen molar-refractivity contribution in [2.75, 3.05) is 19.7 Å². The summed E-state index contributed by atoms with van der Waals surface area (Å²) in [6.45, 7) is 0.120. The van der Waals surface area contributed by atoms with E-state index in [1.807, 2.05) is 0 Å². The molecule has 14 heteroatoms. The minimum Gasteiger partial charge on any atom is -0.480 e. The van der Waals surface area contributed by atoms with Crippen molar-refractivity contribution in [1.29, 1.82) is 0 Å². The van der Waals surface area contributed by atoms with Gasteiger partial charge in [-0.15, -0.1) is 0 Å². The summed E-state index contributed by atoms with van der Waals surface area (Å²) in [5.41, 5.74) is 21.5. The highest BCUT2D eigenvalue weighted by Crippen LogP contribution is 2.07. The van der Waals surface area contributed by atoms with Crippen LogP contribution < -0.4 is 38.9 Å². The lowest BCUT2D eigenvalue weighted by Crippen LogP contribution is -2.57. The summed E-state index contributed by atoms with van der Waals surface area (Å²) in [4.78, 5) is 60.3. The molecule has 0 rings (SSSR count). The van der Waals surface area contributed by atoms with Crippen molar-refractivity contribution < 1.29 is 34.2 Å². The number of primary amides is 1. The number of carboxylic acids is 1. The molecule has 34 heavy (non-hydrogen) atoms. The quantitative estimate of drug-likeness (QED) is 0.0803. The molecule has 0 aromatic carbocycles. The summed E-state index contributed by atoms with van der Waals surface area (Å²) in [5, 5.41) is 25.7. The minimum atomic E-state index is -1.38. The van der Waals surface area contributed by atoms with Crippen molar-refractivity contribution in [3.63, 3.8) is 0 Å². The molecule has 0 aliphatic heterocycles. The smallest absolute Gasteiger partial charge is 0.326 e. The second kappa shape index (κ2) is 17.6. The van der Waals surface area contributed by atoms with Gasteiger partial charge in [0.1, 0.15) is 24.2 Å². The average molecular weight is 490 g/mol. The molecule has 14 nitrogen and oxygen atoms in total. The number of aliphatic hydroxyl groups is 1. The number of amides is 4. The van der Waals surface area contributed by atoms with Gasteiger partial charge < -0.3 is 49.1 Å². The maximum Gasteiger partial charge on any atom is 0.326 e. The van der Waals surface area contributed by atoms with E-state index in [2.05, 4.69) is 16.0 Å². The Labute approximate surface area is 198 Å². The number of rotatable bonds is 19. The molecule has 0 saturated carbocycles. The highest BCUT2D eigenvalue weighted by atomic mass is 16.4. The van der Waals surface area contributed by atoms with Crippen molar-refractivity contribution in [2.24, 2.45) is 22.9 Å². The number of carbonyl (C=O) groups excluding carboxylic acids is 4. The molecule has 196 valence electrons. The number of carboxylic acid groups (broad SMARTS) is 1. The standard InChI is InChI=1S/C20H39N7O7/c21-9-3-1-5-13(25-17(30)12(23)11-28)18(31)26-14(6-2-4-10-22)19(32)27-15(20(33)34)7-8-16(24)29/h12-15,28H,1-11,21-23H2,(H2,24,29)(H,25,30)(H,26,31)(H,27,32)(H,33,34). The van der Waals surface area contributed by atoms with Crippen LogP contribution in [0.2, 0.25) is 0 Å². The minimum absolute atomic E-state index is 0.163. The van der Waals surface area contributed by atoms with Crippen molar-refractivity contribution in [1.82, 2.24) is 16.0 Å². The van der Waals surface area contributed by atoms with E-state index in [-0.39, 0.29) is 25.7 Å². The van der Waals surface area contributed by atoms with E-state index in [1.54, 1.807) is 0 Å². The molecule has 0 bridgehead atoms.